The van der Waals surface area contributed by atoms with Gasteiger partial charge in [0.05, 0.1) is 0 Å². The summed E-state index contributed by atoms with van der Waals surface area (Å²) in [7, 11) is 0. The molecule has 0 saturated heterocycles. The van der Waals surface area contributed by atoms with E-state index in [0.29, 0.717) is 12.6 Å². The van der Waals surface area contributed by atoms with Crippen LogP contribution in [0.25, 0.3) is 0 Å². The third-order valence-corrected chi connectivity index (χ3v) is 1.79. The average Bonchev–Trinajstić information content (AvgIpc) is 2.18. The SMILES string of the molecule is CC(C)Nc1cc(NCCCN)ncn1. The lowest BCUT2D eigenvalue weighted by Crippen LogP contribution is -2.13. The van der Waals surface area contributed by atoms with E-state index in [0.717, 1.165) is 24.6 Å². The van der Waals surface area contributed by atoms with E-state index < -0.39 is 0 Å². The van der Waals surface area contributed by atoms with Gasteiger partial charge in [0.15, 0.2) is 0 Å². The Morgan fingerprint density at radius 1 is 1.33 bits per heavy atom. The Morgan fingerprint density at radius 3 is 2.73 bits per heavy atom. The molecule has 0 fully saturated rings. The van der Waals surface area contributed by atoms with Crippen molar-refractivity contribution in [1.82, 2.24) is 9.97 Å². The minimum atomic E-state index is 0.372. The van der Waals surface area contributed by atoms with E-state index in [4.69, 9.17) is 5.73 Å². The van der Waals surface area contributed by atoms with Gasteiger partial charge in [-0.1, -0.05) is 0 Å². The van der Waals surface area contributed by atoms with Gasteiger partial charge in [0.1, 0.15) is 18.0 Å². The molecule has 0 aliphatic heterocycles. The Kier molecular flexibility index (Phi) is 4.83. The first-order chi connectivity index (χ1) is 7.22. The summed E-state index contributed by atoms with van der Waals surface area (Å²) in [6.07, 6.45) is 2.49. The molecule has 0 aromatic carbocycles. The number of hydrogen-bond acceptors (Lipinski definition) is 5. The standard InChI is InChI=1S/C10H19N5/c1-8(2)15-10-6-9(13-7-14-10)12-5-3-4-11/h6-8H,3-5,11H2,1-2H3,(H2,12,13,14,15). The number of hydrogen-bond donors (Lipinski definition) is 3. The van der Waals surface area contributed by atoms with Crippen LogP contribution in [0.15, 0.2) is 12.4 Å². The molecule has 1 heterocycles. The highest BCUT2D eigenvalue weighted by molar-refractivity contribution is 5.46. The molecular formula is C10H19N5. The molecule has 0 unspecified atom stereocenters. The minimum absolute atomic E-state index is 0.372. The van der Waals surface area contributed by atoms with E-state index >= 15 is 0 Å². The van der Waals surface area contributed by atoms with Gasteiger partial charge in [-0.25, -0.2) is 9.97 Å². The topological polar surface area (TPSA) is 75.9 Å². The highest BCUT2D eigenvalue weighted by Crippen LogP contribution is 2.09. The third-order valence-electron chi connectivity index (χ3n) is 1.79. The Bertz CT molecular complexity index is 287. The van der Waals surface area contributed by atoms with Crippen LogP contribution in [0.3, 0.4) is 0 Å². The number of anilines is 2. The van der Waals surface area contributed by atoms with Gasteiger partial charge in [0.2, 0.25) is 0 Å². The lowest BCUT2D eigenvalue weighted by molar-refractivity contribution is 0.865. The second-order valence-corrected chi connectivity index (χ2v) is 3.66. The van der Waals surface area contributed by atoms with E-state index in [1.54, 1.807) is 6.33 Å². The van der Waals surface area contributed by atoms with Crippen molar-refractivity contribution in [1.29, 1.82) is 0 Å². The first-order valence-electron chi connectivity index (χ1n) is 5.25. The van der Waals surface area contributed by atoms with Gasteiger partial charge in [-0.15, -0.1) is 0 Å². The van der Waals surface area contributed by atoms with Crippen molar-refractivity contribution in [2.24, 2.45) is 5.73 Å². The van der Waals surface area contributed by atoms with Gasteiger partial charge in [-0.2, -0.15) is 0 Å². The van der Waals surface area contributed by atoms with Crippen LogP contribution in [-0.2, 0) is 0 Å². The smallest absolute Gasteiger partial charge is 0.131 e. The van der Waals surface area contributed by atoms with Crippen LogP contribution in [0.5, 0.6) is 0 Å². The molecule has 0 spiro atoms. The summed E-state index contributed by atoms with van der Waals surface area (Å²) in [6, 6.07) is 2.27. The number of aromatic nitrogens is 2. The monoisotopic (exact) mass is 209 g/mol. The molecule has 0 bridgehead atoms. The summed E-state index contributed by atoms with van der Waals surface area (Å²) < 4.78 is 0. The summed E-state index contributed by atoms with van der Waals surface area (Å²) in [5, 5.41) is 6.41. The number of rotatable bonds is 6. The van der Waals surface area contributed by atoms with Crippen molar-refractivity contribution in [3.8, 4) is 0 Å². The van der Waals surface area contributed by atoms with Gasteiger partial charge < -0.3 is 16.4 Å². The fraction of sp³-hybridized carbons (Fsp3) is 0.600. The van der Waals surface area contributed by atoms with Crippen LogP contribution >= 0.6 is 0 Å². The van der Waals surface area contributed by atoms with Crippen molar-refractivity contribution in [3.63, 3.8) is 0 Å². The van der Waals surface area contributed by atoms with Crippen LogP contribution in [0.2, 0.25) is 0 Å². The maximum Gasteiger partial charge on any atom is 0.131 e. The molecule has 1 aromatic heterocycles. The molecule has 1 rings (SSSR count). The van der Waals surface area contributed by atoms with Crippen molar-refractivity contribution < 1.29 is 0 Å². The van der Waals surface area contributed by atoms with E-state index in [2.05, 4.69) is 34.4 Å². The second kappa shape index (κ2) is 6.19. The first-order valence-corrected chi connectivity index (χ1v) is 5.25. The Labute approximate surface area is 90.5 Å². The zero-order valence-electron chi connectivity index (χ0n) is 9.33. The molecule has 4 N–H and O–H groups in total. The lowest BCUT2D eigenvalue weighted by atomic mass is 10.4. The zero-order chi connectivity index (χ0) is 11.1. The summed E-state index contributed by atoms with van der Waals surface area (Å²) in [6.45, 7) is 5.68. The molecule has 5 heteroatoms. The maximum absolute atomic E-state index is 5.40. The fourth-order valence-corrected chi connectivity index (χ4v) is 1.15. The Hall–Kier alpha value is -1.36. The normalized spacial score (nSPS) is 10.4. The van der Waals surface area contributed by atoms with Crippen molar-refractivity contribution in [3.05, 3.63) is 12.4 Å². The lowest BCUT2D eigenvalue weighted by Gasteiger charge is -2.10. The van der Waals surface area contributed by atoms with Crippen LogP contribution in [0.4, 0.5) is 11.6 Å². The van der Waals surface area contributed by atoms with Crippen molar-refractivity contribution in [2.75, 3.05) is 23.7 Å². The predicted molar refractivity (Wildman–Crippen MR) is 63.0 cm³/mol. The van der Waals surface area contributed by atoms with Crippen LogP contribution in [-0.4, -0.2) is 29.1 Å². The predicted octanol–water partition coefficient (Wildman–Crippen LogP) is 1.06. The quantitative estimate of drug-likeness (QED) is 0.611. The largest absolute Gasteiger partial charge is 0.370 e. The van der Waals surface area contributed by atoms with E-state index in [9.17, 15) is 0 Å². The number of nitrogens with zero attached hydrogens (tertiary/aromatic N) is 2. The molecule has 5 nitrogen and oxygen atoms in total. The van der Waals surface area contributed by atoms with Crippen molar-refractivity contribution in [2.45, 2.75) is 26.3 Å². The third kappa shape index (κ3) is 4.60. The fourth-order valence-electron chi connectivity index (χ4n) is 1.15. The van der Waals surface area contributed by atoms with Gasteiger partial charge in [-0.05, 0) is 26.8 Å². The molecule has 0 aliphatic rings. The van der Waals surface area contributed by atoms with E-state index in [1.807, 2.05) is 6.07 Å². The summed E-state index contributed by atoms with van der Waals surface area (Å²) in [5.41, 5.74) is 5.40. The van der Waals surface area contributed by atoms with Gasteiger partial charge in [0, 0.05) is 18.7 Å². The second-order valence-electron chi connectivity index (χ2n) is 3.66. The van der Waals surface area contributed by atoms with Crippen LogP contribution in [0, 0.1) is 0 Å². The minimum Gasteiger partial charge on any atom is -0.370 e. The molecular weight excluding hydrogens is 190 g/mol. The van der Waals surface area contributed by atoms with Gasteiger partial charge in [-0.3, -0.25) is 0 Å². The van der Waals surface area contributed by atoms with Gasteiger partial charge in [0.25, 0.3) is 0 Å². The molecule has 84 valence electrons. The Morgan fingerprint density at radius 2 is 2.07 bits per heavy atom. The average molecular weight is 209 g/mol. The summed E-state index contributed by atoms with van der Waals surface area (Å²) in [4.78, 5) is 8.24. The molecule has 0 atom stereocenters. The summed E-state index contributed by atoms with van der Waals surface area (Å²) >= 11 is 0. The van der Waals surface area contributed by atoms with Gasteiger partial charge >= 0.3 is 0 Å². The maximum atomic E-state index is 5.40. The number of nitrogens with one attached hydrogen (secondary N) is 2. The van der Waals surface area contributed by atoms with E-state index in [1.165, 1.54) is 0 Å². The first kappa shape index (κ1) is 11.7. The van der Waals surface area contributed by atoms with Crippen LogP contribution < -0.4 is 16.4 Å². The highest BCUT2D eigenvalue weighted by Gasteiger charge is 1.99. The molecule has 0 saturated carbocycles. The zero-order valence-corrected chi connectivity index (χ0v) is 9.33. The molecule has 0 amide bonds. The van der Waals surface area contributed by atoms with Crippen molar-refractivity contribution >= 4 is 11.6 Å². The summed E-state index contributed by atoms with van der Waals surface area (Å²) in [5.74, 6) is 1.68. The molecule has 0 radical (unpaired) electrons. The molecule has 0 aliphatic carbocycles. The highest BCUT2D eigenvalue weighted by atomic mass is 15.1. The van der Waals surface area contributed by atoms with E-state index in [-0.39, 0.29) is 0 Å². The van der Waals surface area contributed by atoms with Crippen LogP contribution in [0.1, 0.15) is 20.3 Å². The molecule has 15 heavy (non-hydrogen) atoms. The number of nitrogens with two attached hydrogens (primary N) is 1. The Balaban J connectivity index is 2.50. The molecule has 1 aromatic rings.